The Hall–Kier alpha value is -2.49. The second-order valence-electron chi connectivity index (χ2n) is 5.34. The minimum atomic E-state index is -0.00431. The number of nitrogens with one attached hydrogen (secondary N) is 1. The minimum absolute atomic E-state index is 0.00431. The summed E-state index contributed by atoms with van der Waals surface area (Å²) in [5.41, 5.74) is 4.57. The third-order valence-electron chi connectivity index (χ3n) is 3.53. The number of phenols is 1. The number of aromatic hydroxyl groups is 1. The fourth-order valence-electron chi connectivity index (χ4n) is 2.48. The lowest BCUT2D eigenvalue weighted by atomic mass is 10.0. The van der Waals surface area contributed by atoms with Gasteiger partial charge in [-0.2, -0.15) is 0 Å². The number of oxazole rings is 1. The summed E-state index contributed by atoms with van der Waals surface area (Å²) in [6.45, 7) is 5.87. The zero-order chi connectivity index (χ0) is 15.0. The van der Waals surface area contributed by atoms with Crippen LogP contribution >= 0.6 is 0 Å². The van der Waals surface area contributed by atoms with Crippen molar-refractivity contribution in [2.24, 2.45) is 0 Å². The zero-order valence-electron chi connectivity index (χ0n) is 12.3. The quantitative estimate of drug-likeness (QED) is 0.751. The highest BCUT2D eigenvalue weighted by Crippen LogP contribution is 2.29. The summed E-state index contributed by atoms with van der Waals surface area (Å²) in [5.74, 6) is 0.963. The van der Waals surface area contributed by atoms with Crippen molar-refractivity contribution in [3.05, 3.63) is 53.4 Å². The molecule has 0 fully saturated rings. The molecule has 0 saturated heterocycles. The van der Waals surface area contributed by atoms with Crippen molar-refractivity contribution in [1.29, 1.82) is 0 Å². The molecule has 3 aromatic rings. The van der Waals surface area contributed by atoms with E-state index in [4.69, 9.17) is 4.42 Å². The van der Waals surface area contributed by atoms with Gasteiger partial charge in [0.15, 0.2) is 11.5 Å². The van der Waals surface area contributed by atoms with E-state index in [2.05, 4.69) is 10.3 Å². The molecular formula is C17H18N2O2. The Morgan fingerprint density at radius 2 is 1.95 bits per heavy atom. The van der Waals surface area contributed by atoms with Crippen LogP contribution in [-0.2, 0) is 0 Å². The Bertz CT molecular complexity index is 793. The summed E-state index contributed by atoms with van der Waals surface area (Å²) in [6.07, 6.45) is 0. The van der Waals surface area contributed by atoms with E-state index in [1.165, 1.54) is 0 Å². The fourth-order valence-corrected chi connectivity index (χ4v) is 2.48. The number of aryl methyl sites for hydroxylation is 2. The van der Waals surface area contributed by atoms with Gasteiger partial charge in [0, 0.05) is 18.2 Å². The minimum Gasteiger partial charge on any atom is -0.508 e. The van der Waals surface area contributed by atoms with Gasteiger partial charge in [-0.1, -0.05) is 17.7 Å². The van der Waals surface area contributed by atoms with Crippen LogP contribution in [-0.4, -0.2) is 10.1 Å². The summed E-state index contributed by atoms with van der Waals surface area (Å²) in [6, 6.07) is 11.4. The first kappa shape index (κ1) is 13.5. The molecule has 0 amide bonds. The van der Waals surface area contributed by atoms with Crippen LogP contribution in [0.25, 0.3) is 11.1 Å². The van der Waals surface area contributed by atoms with E-state index >= 15 is 0 Å². The van der Waals surface area contributed by atoms with Gasteiger partial charge >= 0.3 is 0 Å². The highest BCUT2D eigenvalue weighted by molar-refractivity contribution is 5.77. The standard InChI is InChI=1S/C17H18N2O2/c1-10-4-6-16(20)14(8-10)11(2)18-13-5-7-17-15(9-13)19-12(3)21-17/h4-9,11,18,20H,1-3H3. The molecule has 1 unspecified atom stereocenters. The molecule has 0 radical (unpaired) electrons. The molecule has 0 spiro atoms. The predicted octanol–water partition coefficient (Wildman–Crippen LogP) is 4.32. The lowest BCUT2D eigenvalue weighted by molar-refractivity contribution is 0.465. The molecule has 2 aromatic carbocycles. The van der Waals surface area contributed by atoms with Crippen molar-refractivity contribution < 1.29 is 9.52 Å². The van der Waals surface area contributed by atoms with E-state index in [1.807, 2.05) is 51.1 Å². The van der Waals surface area contributed by atoms with Gasteiger partial charge in [0.2, 0.25) is 0 Å². The number of hydrogen-bond donors (Lipinski definition) is 2. The summed E-state index contributed by atoms with van der Waals surface area (Å²) in [4.78, 5) is 4.33. The SMILES string of the molecule is Cc1ccc(O)c(C(C)Nc2ccc3oc(C)nc3c2)c1. The maximum absolute atomic E-state index is 9.99. The number of fused-ring (bicyclic) bond motifs is 1. The van der Waals surface area contributed by atoms with Crippen molar-refractivity contribution in [1.82, 2.24) is 4.98 Å². The van der Waals surface area contributed by atoms with Gasteiger partial charge in [-0.25, -0.2) is 4.98 Å². The third kappa shape index (κ3) is 2.70. The normalized spacial score (nSPS) is 12.5. The average molecular weight is 282 g/mol. The van der Waals surface area contributed by atoms with Gasteiger partial charge in [0.25, 0.3) is 0 Å². The summed E-state index contributed by atoms with van der Waals surface area (Å²) >= 11 is 0. The van der Waals surface area contributed by atoms with Gasteiger partial charge in [-0.15, -0.1) is 0 Å². The molecule has 2 N–H and O–H groups in total. The van der Waals surface area contributed by atoms with Crippen molar-refractivity contribution >= 4 is 16.8 Å². The molecular weight excluding hydrogens is 264 g/mol. The largest absolute Gasteiger partial charge is 0.508 e. The van der Waals surface area contributed by atoms with Crippen molar-refractivity contribution in [3.8, 4) is 5.75 Å². The Morgan fingerprint density at radius 3 is 2.76 bits per heavy atom. The zero-order valence-corrected chi connectivity index (χ0v) is 12.3. The summed E-state index contributed by atoms with van der Waals surface area (Å²) < 4.78 is 5.47. The van der Waals surface area contributed by atoms with Crippen LogP contribution < -0.4 is 5.32 Å². The first-order chi connectivity index (χ1) is 10.0. The monoisotopic (exact) mass is 282 g/mol. The lowest BCUT2D eigenvalue weighted by Gasteiger charge is -2.17. The van der Waals surface area contributed by atoms with E-state index in [-0.39, 0.29) is 6.04 Å². The molecule has 1 aromatic heterocycles. The van der Waals surface area contributed by atoms with Gasteiger partial charge in [0.1, 0.15) is 11.3 Å². The second kappa shape index (κ2) is 5.13. The molecule has 4 heteroatoms. The molecule has 0 aliphatic rings. The van der Waals surface area contributed by atoms with Crippen molar-refractivity contribution in [2.75, 3.05) is 5.32 Å². The highest BCUT2D eigenvalue weighted by atomic mass is 16.3. The van der Waals surface area contributed by atoms with Gasteiger partial charge < -0.3 is 14.8 Å². The fraction of sp³-hybridized carbons (Fsp3) is 0.235. The molecule has 1 heterocycles. The smallest absolute Gasteiger partial charge is 0.192 e. The number of nitrogens with zero attached hydrogens (tertiary/aromatic N) is 1. The Labute approximate surface area is 123 Å². The van der Waals surface area contributed by atoms with Crippen LogP contribution in [0.4, 0.5) is 5.69 Å². The highest BCUT2D eigenvalue weighted by Gasteiger charge is 2.11. The number of anilines is 1. The van der Waals surface area contributed by atoms with Crippen LogP contribution in [0.1, 0.15) is 30.0 Å². The van der Waals surface area contributed by atoms with E-state index in [0.717, 1.165) is 27.9 Å². The number of benzene rings is 2. The van der Waals surface area contributed by atoms with Crippen LogP contribution in [0.15, 0.2) is 40.8 Å². The Balaban J connectivity index is 1.88. The van der Waals surface area contributed by atoms with Gasteiger partial charge in [-0.05, 0) is 38.1 Å². The van der Waals surface area contributed by atoms with Crippen molar-refractivity contribution in [3.63, 3.8) is 0 Å². The van der Waals surface area contributed by atoms with E-state index < -0.39 is 0 Å². The molecule has 0 bridgehead atoms. The summed E-state index contributed by atoms with van der Waals surface area (Å²) in [7, 11) is 0. The van der Waals surface area contributed by atoms with Crippen molar-refractivity contribution in [2.45, 2.75) is 26.8 Å². The molecule has 21 heavy (non-hydrogen) atoms. The van der Waals surface area contributed by atoms with Crippen LogP contribution in [0.2, 0.25) is 0 Å². The summed E-state index contributed by atoms with van der Waals surface area (Å²) in [5, 5.41) is 13.4. The van der Waals surface area contributed by atoms with Gasteiger partial charge in [-0.3, -0.25) is 0 Å². The van der Waals surface area contributed by atoms with Crippen LogP contribution in [0, 0.1) is 13.8 Å². The molecule has 0 saturated carbocycles. The number of hydrogen-bond acceptors (Lipinski definition) is 4. The first-order valence-corrected chi connectivity index (χ1v) is 6.96. The van der Waals surface area contributed by atoms with E-state index in [9.17, 15) is 5.11 Å². The topological polar surface area (TPSA) is 58.3 Å². The predicted molar refractivity (Wildman–Crippen MR) is 83.6 cm³/mol. The molecule has 0 aliphatic carbocycles. The van der Waals surface area contributed by atoms with E-state index in [1.54, 1.807) is 6.07 Å². The maximum atomic E-state index is 9.99. The maximum Gasteiger partial charge on any atom is 0.192 e. The molecule has 108 valence electrons. The Morgan fingerprint density at radius 1 is 1.14 bits per heavy atom. The van der Waals surface area contributed by atoms with Crippen LogP contribution in [0.5, 0.6) is 5.75 Å². The number of rotatable bonds is 3. The first-order valence-electron chi connectivity index (χ1n) is 6.96. The Kier molecular flexibility index (Phi) is 3.29. The molecule has 3 rings (SSSR count). The molecule has 4 nitrogen and oxygen atoms in total. The molecule has 0 aliphatic heterocycles. The van der Waals surface area contributed by atoms with Crippen LogP contribution in [0.3, 0.4) is 0 Å². The van der Waals surface area contributed by atoms with E-state index in [0.29, 0.717) is 11.6 Å². The second-order valence-corrected chi connectivity index (χ2v) is 5.34. The van der Waals surface area contributed by atoms with Gasteiger partial charge in [0.05, 0.1) is 6.04 Å². The third-order valence-corrected chi connectivity index (χ3v) is 3.53. The number of phenolic OH excluding ortho intramolecular Hbond substituents is 1. The lowest BCUT2D eigenvalue weighted by Crippen LogP contribution is -2.07. The molecule has 1 atom stereocenters. The average Bonchev–Trinajstić information content (AvgIpc) is 2.80. The number of aromatic nitrogens is 1.